The topological polar surface area (TPSA) is 41.1 Å². The summed E-state index contributed by atoms with van der Waals surface area (Å²) in [6.07, 6.45) is 1.21. The average Bonchev–Trinajstić information content (AvgIpc) is 2.71. The second kappa shape index (κ2) is 6.19. The Labute approximate surface area is 150 Å². The molecule has 0 bridgehead atoms. The highest BCUT2D eigenvalue weighted by Gasteiger charge is 2.36. The Bertz CT molecular complexity index is 873. The van der Waals surface area contributed by atoms with Gasteiger partial charge in [-0.3, -0.25) is 4.79 Å². The molecule has 2 N–H and O–H groups in total. The second-order valence-corrected chi connectivity index (χ2v) is 7.12. The van der Waals surface area contributed by atoms with Crippen LogP contribution in [0.4, 0.5) is 15.8 Å². The van der Waals surface area contributed by atoms with Gasteiger partial charge in [-0.2, -0.15) is 0 Å². The summed E-state index contributed by atoms with van der Waals surface area (Å²) in [4.78, 5) is 12.8. The van der Waals surface area contributed by atoms with Crippen LogP contribution < -0.4 is 10.6 Å². The summed E-state index contributed by atoms with van der Waals surface area (Å²) in [5, 5.41) is 7.04. The lowest BCUT2D eigenvalue weighted by Crippen LogP contribution is -2.27. The molecular weight excluding hydrogens is 339 g/mol. The minimum Gasteiger partial charge on any atom is -0.372 e. The van der Waals surface area contributed by atoms with Gasteiger partial charge in [0.25, 0.3) is 0 Å². The van der Waals surface area contributed by atoms with Crippen LogP contribution in [0.15, 0.2) is 53.7 Å². The zero-order valence-corrected chi connectivity index (χ0v) is 14.5. The van der Waals surface area contributed by atoms with Gasteiger partial charge in [0.2, 0.25) is 0 Å². The Kier molecular flexibility index (Phi) is 4.00. The van der Waals surface area contributed by atoms with Crippen molar-refractivity contribution in [2.24, 2.45) is 5.92 Å². The first-order chi connectivity index (χ1) is 12.0. The van der Waals surface area contributed by atoms with Crippen LogP contribution in [0.5, 0.6) is 0 Å². The molecule has 3 nitrogen and oxygen atoms in total. The number of hydrogen-bond acceptors (Lipinski definition) is 3. The van der Waals surface area contributed by atoms with Gasteiger partial charge in [-0.25, -0.2) is 4.39 Å². The number of nitrogens with one attached hydrogen (secondary N) is 2. The standard InChI is InChI=1S/C20H18ClFN2O/c1-11-9-16-19(17(25)10-11)20(18-12(21)5-4-6-13(18)22)24-15-8-3-2-7-14(15)23-16/h2-8,11,20,23-24H,9-10H2,1H3/t11-,20+/m0/s1. The molecule has 0 saturated heterocycles. The molecule has 1 aliphatic heterocycles. The lowest BCUT2D eigenvalue weighted by atomic mass is 9.82. The smallest absolute Gasteiger partial charge is 0.163 e. The third-order valence-electron chi connectivity index (χ3n) is 4.80. The normalized spacial score (nSPS) is 22.4. The number of anilines is 2. The fourth-order valence-corrected chi connectivity index (χ4v) is 3.96. The van der Waals surface area contributed by atoms with Gasteiger partial charge in [-0.15, -0.1) is 0 Å². The van der Waals surface area contributed by atoms with E-state index in [1.807, 2.05) is 24.3 Å². The van der Waals surface area contributed by atoms with Crippen molar-refractivity contribution in [2.45, 2.75) is 25.8 Å². The molecule has 1 aliphatic carbocycles. The number of Topliss-reactive ketones (excluding diaryl/α,β-unsaturated/α-hetero) is 1. The highest BCUT2D eigenvalue weighted by Crippen LogP contribution is 2.43. The van der Waals surface area contributed by atoms with Crippen molar-refractivity contribution >= 4 is 28.8 Å². The fourth-order valence-electron chi connectivity index (χ4n) is 3.69. The van der Waals surface area contributed by atoms with Crippen molar-refractivity contribution < 1.29 is 9.18 Å². The summed E-state index contributed by atoms with van der Waals surface area (Å²) in [7, 11) is 0. The number of para-hydroxylation sites is 2. The van der Waals surface area contributed by atoms with E-state index in [1.54, 1.807) is 12.1 Å². The number of ketones is 1. The molecule has 2 aromatic rings. The number of halogens is 2. The maximum atomic E-state index is 14.6. The van der Waals surface area contributed by atoms with Crippen molar-refractivity contribution in [3.05, 3.63) is 70.1 Å². The monoisotopic (exact) mass is 356 g/mol. The minimum atomic E-state index is -0.611. The van der Waals surface area contributed by atoms with Crippen molar-refractivity contribution in [1.82, 2.24) is 0 Å². The molecule has 0 spiro atoms. The first-order valence-electron chi connectivity index (χ1n) is 8.37. The van der Waals surface area contributed by atoms with Crippen molar-refractivity contribution in [2.75, 3.05) is 10.6 Å². The number of rotatable bonds is 1. The maximum Gasteiger partial charge on any atom is 0.163 e. The molecule has 128 valence electrons. The number of fused-ring (bicyclic) bond motifs is 1. The molecule has 0 saturated carbocycles. The van der Waals surface area contributed by atoms with Gasteiger partial charge in [-0.1, -0.05) is 36.7 Å². The maximum absolute atomic E-state index is 14.6. The number of benzene rings is 2. The number of carbonyl (C=O) groups excluding carboxylic acids is 1. The summed E-state index contributed by atoms with van der Waals surface area (Å²) in [6, 6.07) is 11.7. The van der Waals surface area contributed by atoms with E-state index in [0.717, 1.165) is 23.5 Å². The molecular formula is C20H18ClFN2O. The van der Waals surface area contributed by atoms with E-state index in [2.05, 4.69) is 17.6 Å². The van der Waals surface area contributed by atoms with Crippen molar-refractivity contribution in [1.29, 1.82) is 0 Å². The third-order valence-corrected chi connectivity index (χ3v) is 5.13. The van der Waals surface area contributed by atoms with Gasteiger partial charge in [0.15, 0.2) is 5.78 Å². The zero-order chi connectivity index (χ0) is 17.6. The molecule has 25 heavy (non-hydrogen) atoms. The second-order valence-electron chi connectivity index (χ2n) is 6.71. The van der Waals surface area contributed by atoms with Crippen LogP contribution in [0.2, 0.25) is 5.02 Å². The van der Waals surface area contributed by atoms with Crippen LogP contribution in [0.1, 0.15) is 31.4 Å². The Hall–Kier alpha value is -2.33. The van der Waals surface area contributed by atoms with Crippen molar-refractivity contribution in [3.63, 3.8) is 0 Å². The molecule has 0 fully saturated rings. The van der Waals surface area contributed by atoms with Crippen LogP contribution in [0.3, 0.4) is 0 Å². The van der Waals surface area contributed by atoms with Crippen LogP contribution in [-0.2, 0) is 4.79 Å². The van der Waals surface area contributed by atoms with Gasteiger partial charge in [-0.05, 0) is 36.6 Å². The van der Waals surface area contributed by atoms with E-state index in [-0.39, 0.29) is 11.7 Å². The molecule has 4 rings (SSSR count). The third kappa shape index (κ3) is 2.81. The average molecular weight is 357 g/mol. The van der Waals surface area contributed by atoms with Crippen LogP contribution in [-0.4, -0.2) is 5.78 Å². The number of carbonyl (C=O) groups is 1. The van der Waals surface area contributed by atoms with Crippen LogP contribution >= 0.6 is 11.6 Å². The molecule has 0 aromatic heterocycles. The van der Waals surface area contributed by atoms with E-state index in [1.165, 1.54) is 6.07 Å². The highest BCUT2D eigenvalue weighted by atomic mass is 35.5. The minimum absolute atomic E-state index is 0.0332. The van der Waals surface area contributed by atoms with Crippen LogP contribution in [0.25, 0.3) is 0 Å². The zero-order valence-electron chi connectivity index (χ0n) is 13.8. The molecule has 0 unspecified atom stereocenters. The van der Waals surface area contributed by atoms with Gasteiger partial charge >= 0.3 is 0 Å². The van der Waals surface area contributed by atoms with Gasteiger partial charge in [0, 0.05) is 28.3 Å². The van der Waals surface area contributed by atoms with Crippen LogP contribution in [0, 0.1) is 11.7 Å². The van der Waals surface area contributed by atoms with Gasteiger partial charge in [0.05, 0.1) is 17.4 Å². The predicted octanol–water partition coefficient (Wildman–Crippen LogP) is 5.31. The molecule has 0 radical (unpaired) electrons. The van der Waals surface area contributed by atoms with E-state index >= 15 is 0 Å². The lowest BCUT2D eigenvalue weighted by Gasteiger charge is -2.28. The van der Waals surface area contributed by atoms with Gasteiger partial charge in [0.1, 0.15) is 5.82 Å². The molecule has 0 amide bonds. The number of allylic oxidation sites excluding steroid dienone is 1. The Balaban J connectivity index is 1.94. The lowest BCUT2D eigenvalue weighted by molar-refractivity contribution is -0.117. The largest absolute Gasteiger partial charge is 0.372 e. The number of hydrogen-bond donors (Lipinski definition) is 2. The Morgan fingerprint density at radius 2 is 1.84 bits per heavy atom. The first-order valence-corrected chi connectivity index (χ1v) is 8.75. The predicted molar refractivity (Wildman–Crippen MR) is 98.3 cm³/mol. The molecule has 2 aromatic carbocycles. The summed E-state index contributed by atoms with van der Waals surface area (Å²) < 4.78 is 14.6. The summed E-state index contributed by atoms with van der Waals surface area (Å²) in [5.41, 5.74) is 3.46. The van der Waals surface area contributed by atoms with E-state index in [0.29, 0.717) is 22.6 Å². The van der Waals surface area contributed by atoms with E-state index in [9.17, 15) is 9.18 Å². The fraction of sp³-hybridized carbons (Fsp3) is 0.250. The van der Waals surface area contributed by atoms with E-state index < -0.39 is 11.9 Å². The van der Waals surface area contributed by atoms with Crippen molar-refractivity contribution in [3.8, 4) is 0 Å². The van der Waals surface area contributed by atoms with E-state index in [4.69, 9.17) is 11.6 Å². The summed E-state index contributed by atoms with van der Waals surface area (Å²) >= 11 is 6.32. The Morgan fingerprint density at radius 3 is 2.60 bits per heavy atom. The molecule has 2 atom stereocenters. The summed E-state index contributed by atoms with van der Waals surface area (Å²) in [5.74, 6) is -0.130. The Morgan fingerprint density at radius 1 is 1.08 bits per heavy atom. The SMILES string of the molecule is C[C@@H]1CC(=O)C2=C(C1)Nc1ccccc1N[C@@H]2c1c(F)cccc1Cl. The molecule has 2 aliphatic rings. The molecule has 1 heterocycles. The molecule has 5 heteroatoms. The quantitative estimate of drug-likeness (QED) is 0.727. The van der Waals surface area contributed by atoms with Gasteiger partial charge < -0.3 is 10.6 Å². The highest BCUT2D eigenvalue weighted by molar-refractivity contribution is 6.31. The summed E-state index contributed by atoms with van der Waals surface area (Å²) in [6.45, 7) is 2.05. The first kappa shape index (κ1) is 16.2.